The van der Waals surface area contributed by atoms with E-state index < -0.39 is 0 Å². The maximum absolute atomic E-state index is 12.3. The monoisotopic (exact) mass is 427 g/mol. The third-order valence-electron chi connectivity index (χ3n) is 4.74. The number of aryl methyl sites for hydroxylation is 1. The molecule has 2 aromatic carbocycles. The predicted octanol–water partition coefficient (Wildman–Crippen LogP) is 5.37. The Balaban J connectivity index is 1.46. The van der Waals surface area contributed by atoms with Gasteiger partial charge in [-0.3, -0.25) is 9.69 Å². The summed E-state index contributed by atoms with van der Waals surface area (Å²) in [6.45, 7) is 7.87. The molecule has 152 valence electrons. The second kappa shape index (κ2) is 9.94. The lowest BCUT2D eigenvalue weighted by Gasteiger charge is -2.11. The van der Waals surface area contributed by atoms with E-state index in [1.807, 2.05) is 49.4 Å². The summed E-state index contributed by atoms with van der Waals surface area (Å²) in [5.41, 5.74) is 3.36. The van der Waals surface area contributed by atoms with Gasteiger partial charge in [0.05, 0.1) is 18.1 Å². The van der Waals surface area contributed by atoms with Crippen LogP contribution in [0.3, 0.4) is 0 Å². The van der Waals surface area contributed by atoms with E-state index >= 15 is 0 Å². The highest BCUT2D eigenvalue weighted by molar-refractivity contribution is 8.26. The van der Waals surface area contributed by atoms with Gasteiger partial charge in [-0.2, -0.15) is 0 Å². The fraction of sp³-hybridized carbons (Fsp3) is 0.304. The molecule has 0 unspecified atom stereocenters. The van der Waals surface area contributed by atoms with Gasteiger partial charge in [-0.25, -0.2) is 0 Å². The smallest absolute Gasteiger partial charge is 0.266 e. The molecule has 0 spiro atoms. The molecule has 1 saturated heterocycles. The van der Waals surface area contributed by atoms with Crippen LogP contribution in [-0.2, 0) is 4.79 Å². The average Bonchev–Trinajstić information content (AvgIpc) is 2.98. The first-order valence-corrected chi connectivity index (χ1v) is 10.9. The molecule has 0 radical (unpaired) electrons. The summed E-state index contributed by atoms with van der Waals surface area (Å²) in [6, 6.07) is 13.8. The normalized spacial score (nSPS) is 15.3. The minimum atomic E-state index is -0.0216. The van der Waals surface area contributed by atoms with Crippen molar-refractivity contribution >= 4 is 40.3 Å². The number of likely N-dealkylation sites (N-methyl/N-ethyl adjacent to an activating group) is 1. The first-order valence-electron chi connectivity index (χ1n) is 9.67. The number of hydrogen-bond donors (Lipinski definition) is 0. The van der Waals surface area contributed by atoms with E-state index in [4.69, 9.17) is 21.7 Å². The highest BCUT2D eigenvalue weighted by Crippen LogP contribution is 2.32. The minimum Gasteiger partial charge on any atom is -0.493 e. The van der Waals surface area contributed by atoms with Crippen molar-refractivity contribution in [2.75, 3.05) is 19.8 Å². The highest BCUT2D eigenvalue weighted by Gasteiger charge is 2.30. The van der Waals surface area contributed by atoms with Gasteiger partial charge < -0.3 is 9.47 Å². The lowest BCUT2D eigenvalue weighted by molar-refractivity contribution is -0.121. The van der Waals surface area contributed by atoms with Gasteiger partial charge in [-0.1, -0.05) is 48.2 Å². The maximum Gasteiger partial charge on any atom is 0.266 e. The van der Waals surface area contributed by atoms with Gasteiger partial charge in [0.2, 0.25) is 0 Å². The summed E-state index contributed by atoms with van der Waals surface area (Å²) in [5, 5.41) is 0. The Morgan fingerprint density at radius 3 is 2.48 bits per heavy atom. The Morgan fingerprint density at radius 2 is 1.79 bits per heavy atom. The first-order chi connectivity index (χ1) is 14.0. The van der Waals surface area contributed by atoms with Gasteiger partial charge in [0, 0.05) is 13.0 Å². The minimum absolute atomic E-state index is 0.0216. The summed E-state index contributed by atoms with van der Waals surface area (Å²) >= 11 is 6.59. The molecule has 3 rings (SSSR count). The Hall–Kier alpha value is -2.31. The van der Waals surface area contributed by atoms with Crippen LogP contribution in [0.5, 0.6) is 11.5 Å². The van der Waals surface area contributed by atoms with E-state index in [1.54, 1.807) is 4.90 Å². The molecule has 1 aliphatic rings. The number of amides is 1. The number of nitrogens with zero attached hydrogens (tertiary/aromatic N) is 1. The van der Waals surface area contributed by atoms with E-state index in [9.17, 15) is 4.79 Å². The number of benzene rings is 2. The predicted molar refractivity (Wildman–Crippen MR) is 124 cm³/mol. The molecular weight excluding hydrogens is 402 g/mol. The van der Waals surface area contributed by atoms with E-state index in [0.717, 1.165) is 23.5 Å². The highest BCUT2D eigenvalue weighted by atomic mass is 32.2. The standard InChI is InChI=1S/C23H25NO3S2/c1-4-24-22(25)21(29-23(24)28)15-18-9-11-19(12-10-18)26-13-6-14-27-20-8-5-7-16(2)17(20)3/h5,7-12,15H,4,6,13-14H2,1-3H3/b21-15-. The van der Waals surface area contributed by atoms with Crippen molar-refractivity contribution in [2.24, 2.45) is 0 Å². The summed E-state index contributed by atoms with van der Waals surface area (Å²) in [6.07, 6.45) is 2.67. The van der Waals surface area contributed by atoms with Gasteiger partial charge in [-0.05, 0) is 61.7 Å². The summed E-state index contributed by atoms with van der Waals surface area (Å²) in [7, 11) is 0. The van der Waals surface area contributed by atoms with E-state index in [0.29, 0.717) is 29.0 Å². The van der Waals surface area contributed by atoms with Gasteiger partial charge in [0.25, 0.3) is 5.91 Å². The number of carbonyl (C=O) groups excluding carboxylic acids is 1. The Labute approximate surface area is 181 Å². The largest absolute Gasteiger partial charge is 0.493 e. The molecule has 2 aromatic rings. The maximum atomic E-state index is 12.3. The van der Waals surface area contributed by atoms with E-state index in [2.05, 4.69) is 19.9 Å². The molecule has 1 heterocycles. The topological polar surface area (TPSA) is 38.8 Å². The molecule has 0 saturated carbocycles. The van der Waals surface area contributed by atoms with Crippen LogP contribution in [0.2, 0.25) is 0 Å². The molecular formula is C23H25NO3S2. The number of thioether (sulfide) groups is 1. The van der Waals surface area contributed by atoms with Crippen molar-refractivity contribution in [1.82, 2.24) is 4.90 Å². The van der Waals surface area contributed by atoms with Gasteiger partial charge in [0.15, 0.2) is 0 Å². The van der Waals surface area contributed by atoms with E-state index in [1.165, 1.54) is 22.9 Å². The molecule has 0 atom stereocenters. The number of ether oxygens (including phenoxy) is 2. The zero-order valence-electron chi connectivity index (χ0n) is 16.9. The van der Waals surface area contributed by atoms with Crippen LogP contribution in [0.15, 0.2) is 47.4 Å². The molecule has 0 bridgehead atoms. The zero-order valence-corrected chi connectivity index (χ0v) is 18.6. The Morgan fingerprint density at radius 1 is 1.07 bits per heavy atom. The Bertz CT molecular complexity index is 922. The summed E-state index contributed by atoms with van der Waals surface area (Å²) < 4.78 is 12.3. The third kappa shape index (κ3) is 5.40. The quantitative estimate of drug-likeness (QED) is 0.322. The van der Waals surface area contributed by atoms with Crippen LogP contribution < -0.4 is 9.47 Å². The van der Waals surface area contributed by atoms with E-state index in [-0.39, 0.29) is 5.91 Å². The number of rotatable bonds is 8. The molecule has 29 heavy (non-hydrogen) atoms. The number of hydrogen-bond acceptors (Lipinski definition) is 5. The van der Waals surface area contributed by atoms with Crippen molar-refractivity contribution in [3.63, 3.8) is 0 Å². The fourth-order valence-corrected chi connectivity index (χ4v) is 4.28. The molecule has 0 N–H and O–H groups in total. The first kappa shape index (κ1) is 21.4. The zero-order chi connectivity index (χ0) is 20.8. The van der Waals surface area contributed by atoms with Gasteiger partial charge in [-0.15, -0.1) is 0 Å². The van der Waals surface area contributed by atoms with Gasteiger partial charge >= 0.3 is 0 Å². The third-order valence-corrected chi connectivity index (χ3v) is 6.12. The van der Waals surface area contributed by atoms with Crippen LogP contribution in [0.1, 0.15) is 30.0 Å². The van der Waals surface area contributed by atoms with Crippen molar-refractivity contribution in [3.05, 3.63) is 64.1 Å². The van der Waals surface area contributed by atoms with Gasteiger partial charge in [0.1, 0.15) is 15.8 Å². The second-order valence-corrected chi connectivity index (χ2v) is 8.42. The average molecular weight is 428 g/mol. The van der Waals surface area contributed by atoms with Crippen molar-refractivity contribution in [1.29, 1.82) is 0 Å². The number of carbonyl (C=O) groups is 1. The van der Waals surface area contributed by atoms with Crippen LogP contribution in [0, 0.1) is 13.8 Å². The lowest BCUT2D eigenvalue weighted by Crippen LogP contribution is -2.27. The number of thiocarbonyl (C=S) groups is 1. The molecule has 1 amide bonds. The molecule has 6 heteroatoms. The van der Waals surface area contributed by atoms with Crippen LogP contribution >= 0.6 is 24.0 Å². The van der Waals surface area contributed by atoms with Crippen molar-refractivity contribution in [2.45, 2.75) is 27.2 Å². The molecule has 4 nitrogen and oxygen atoms in total. The summed E-state index contributed by atoms with van der Waals surface area (Å²) in [5.74, 6) is 1.71. The molecule has 0 aliphatic carbocycles. The molecule has 0 aromatic heterocycles. The molecule has 1 aliphatic heterocycles. The molecule has 1 fully saturated rings. The van der Waals surface area contributed by atoms with Crippen LogP contribution in [0.4, 0.5) is 0 Å². The van der Waals surface area contributed by atoms with Crippen molar-refractivity contribution < 1.29 is 14.3 Å². The lowest BCUT2D eigenvalue weighted by atomic mass is 10.1. The van der Waals surface area contributed by atoms with Crippen LogP contribution in [0.25, 0.3) is 6.08 Å². The SMILES string of the molecule is CCN1C(=O)/C(=C/c2ccc(OCCCOc3cccc(C)c3C)cc2)SC1=S. The fourth-order valence-electron chi connectivity index (χ4n) is 2.90. The second-order valence-electron chi connectivity index (χ2n) is 6.74. The summed E-state index contributed by atoms with van der Waals surface area (Å²) in [4.78, 5) is 14.6. The van der Waals surface area contributed by atoms with Crippen molar-refractivity contribution in [3.8, 4) is 11.5 Å². The van der Waals surface area contributed by atoms with Crippen LogP contribution in [-0.4, -0.2) is 34.9 Å². The Kier molecular flexibility index (Phi) is 7.34.